The summed E-state index contributed by atoms with van der Waals surface area (Å²) in [7, 11) is 0. The van der Waals surface area contributed by atoms with Gasteiger partial charge in [-0.05, 0) is 27.2 Å². The Labute approximate surface area is 90.5 Å². The number of hydrogen-bond acceptors (Lipinski definition) is 3. The normalized spacial score (nSPS) is 26.5. The highest BCUT2D eigenvalue weighted by molar-refractivity contribution is 5.69. The lowest BCUT2D eigenvalue weighted by molar-refractivity contribution is 0.0207. The van der Waals surface area contributed by atoms with Crippen LogP contribution in [0.1, 0.15) is 27.2 Å². The van der Waals surface area contributed by atoms with Gasteiger partial charge >= 0.3 is 6.09 Å². The second-order valence-electron chi connectivity index (χ2n) is 4.76. The second kappa shape index (κ2) is 4.23. The zero-order chi connectivity index (χ0) is 11.6. The molecule has 2 atom stereocenters. The monoisotopic (exact) mass is 213 g/mol. The molecule has 4 nitrogen and oxygen atoms in total. The Morgan fingerprint density at radius 1 is 1.60 bits per heavy atom. The van der Waals surface area contributed by atoms with E-state index >= 15 is 0 Å². The first-order valence-corrected chi connectivity index (χ1v) is 5.15. The van der Waals surface area contributed by atoms with E-state index in [0.717, 1.165) is 0 Å². The van der Waals surface area contributed by atoms with Crippen LogP contribution < -0.4 is 0 Å². The molecule has 0 radical (unpaired) electrons. The van der Waals surface area contributed by atoms with E-state index in [9.17, 15) is 9.90 Å². The fourth-order valence-electron chi connectivity index (χ4n) is 1.62. The van der Waals surface area contributed by atoms with Crippen LogP contribution in [0.2, 0.25) is 0 Å². The van der Waals surface area contributed by atoms with Crippen molar-refractivity contribution in [2.24, 2.45) is 0 Å². The van der Waals surface area contributed by atoms with Crippen LogP contribution in [0.4, 0.5) is 4.79 Å². The van der Waals surface area contributed by atoms with Gasteiger partial charge in [0.2, 0.25) is 0 Å². The maximum absolute atomic E-state index is 11.7. The highest BCUT2D eigenvalue weighted by Gasteiger charge is 2.36. The Bertz CT molecular complexity index is 257. The van der Waals surface area contributed by atoms with E-state index in [4.69, 9.17) is 4.74 Å². The maximum atomic E-state index is 11.7. The minimum absolute atomic E-state index is 0.320. The molecule has 1 saturated heterocycles. The number of aliphatic hydroxyl groups excluding tert-OH is 1. The molecule has 1 rings (SSSR count). The number of rotatable bonds is 1. The number of carbonyl (C=O) groups is 1. The lowest BCUT2D eigenvalue weighted by Crippen LogP contribution is -2.41. The molecule has 4 heteroatoms. The lowest BCUT2D eigenvalue weighted by Gasteiger charge is -2.27. The smallest absolute Gasteiger partial charge is 0.410 e. The van der Waals surface area contributed by atoms with Gasteiger partial charge in [0.05, 0.1) is 12.1 Å². The SMILES string of the molecule is C=CC1C(O)CCN1C(=O)OC(C)(C)C. The third-order valence-electron chi connectivity index (χ3n) is 2.29. The highest BCUT2D eigenvalue weighted by atomic mass is 16.6. The molecular formula is C11H19NO3. The fraction of sp³-hybridized carbons (Fsp3) is 0.727. The van der Waals surface area contributed by atoms with Crippen molar-refractivity contribution in [2.75, 3.05) is 6.54 Å². The van der Waals surface area contributed by atoms with Crippen molar-refractivity contribution >= 4 is 6.09 Å². The van der Waals surface area contributed by atoms with Gasteiger partial charge < -0.3 is 9.84 Å². The molecule has 0 aliphatic carbocycles. The van der Waals surface area contributed by atoms with Crippen LogP contribution in [0.3, 0.4) is 0 Å². The minimum Gasteiger partial charge on any atom is -0.444 e. The summed E-state index contributed by atoms with van der Waals surface area (Å²) >= 11 is 0. The van der Waals surface area contributed by atoms with Crippen LogP contribution in [-0.2, 0) is 4.74 Å². The molecule has 0 aromatic carbocycles. The van der Waals surface area contributed by atoms with Crippen molar-refractivity contribution in [3.8, 4) is 0 Å². The molecule has 0 saturated carbocycles. The summed E-state index contributed by atoms with van der Waals surface area (Å²) in [4.78, 5) is 13.2. The van der Waals surface area contributed by atoms with Gasteiger partial charge in [-0.15, -0.1) is 6.58 Å². The largest absolute Gasteiger partial charge is 0.444 e. The molecule has 86 valence electrons. The summed E-state index contributed by atoms with van der Waals surface area (Å²) < 4.78 is 5.23. The van der Waals surface area contributed by atoms with Gasteiger partial charge in [0.25, 0.3) is 0 Å². The molecular weight excluding hydrogens is 194 g/mol. The molecule has 0 aromatic heterocycles. The predicted molar refractivity (Wildman–Crippen MR) is 57.5 cm³/mol. The Hall–Kier alpha value is -1.03. The molecule has 0 bridgehead atoms. The molecule has 15 heavy (non-hydrogen) atoms. The first-order valence-electron chi connectivity index (χ1n) is 5.15. The van der Waals surface area contributed by atoms with Crippen molar-refractivity contribution in [3.63, 3.8) is 0 Å². The van der Waals surface area contributed by atoms with E-state index in [1.165, 1.54) is 4.90 Å². The Morgan fingerprint density at radius 3 is 2.67 bits per heavy atom. The predicted octanol–water partition coefficient (Wildman–Crippen LogP) is 1.54. The zero-order valence-electron chi connectivity index (χ0n) is 9.56. The molecule has 1 heterocycles. The van der Waals surface area contributed by atoms with Crippen LogP contribution in [0.5, 0.6) is 0 Å². The van der Waals surface area contributed by atoms with Crippen LogP contribution in [0.15, 0.2) is 12.7 Å². The third-order valence-corrected chi connectivity index (χ3v) is 2.29. The quantitative estimate of drug-likeness (QED) is 0.672. The molecule has 2 unspecified atom stereocenters. The fourth-order valence-corrected chi connectivity index (χ4v) is 1.62. The van der Waals surface area contributed by atoms with Crippen LogP contribution >= 0.6 is 0 Å². The van der Waals surface area contributed by atoms with Crippen molar-refractivity contribution in [3.05, 3.63) is 12.7 Å². The number of aliphatic hydroxyl groups is 1. The highest BCUT2D eigenvalue weighted by Crippen LogP contribution is 2.21. The number of carbonyl (C=O) groups excluding carboxylic acids is 1. The zero-order valence-corrected chi connectivity index (χ0v) is 9.56. The van der Waals surface area contributed by atoms with E-state index < -0.39 is 11.7 Å². The average Bonchev–Trinajstić information content (AvgIpc) is 2.43. The van der Waals surface area contributed by atoms with E-state index in [1.54, 1.807) is 6.08 Å². The van der Waals surface area contributed by atoms with E-state index in [0.29, 0.717) is 13.0 Å². The summed E-state index contributed by atoms with van der Waals surface area (Å²) in [5.41, 5.74) is -0.504. The summed E-state index contributed by atoms with van der Waals surface area (Å²) in [6.07, 6.45) is 1.26. The summed E-state index contributed by atoms with van der Waals surface area (Å²) in [6.45, 7) is 9.59. The van der Waals surface area contributed by atoms with Gasteiger partial charge in [0, 0.05) is 6.54 Å². The number of ether oxygens (including phenoxy) is 1. The molecule has 1 aliphatic rings. The van der Waals surface area contributed by atoms with E-state index in [-0.39, 0.29) is 12.1 Å². The Balaban J connectivity index is 2.64. The molecule has 0 spiro atoms. The van der Waals surface area contributed by atoms with Crippen LogP contribution in [0.25, 0.3) is 0 Å². The number of hydrogen-bond donors (Lipinski definition) is 1. The molecule has 1 N–H and O–H groups in total. The van der Waals surface area contributed by atoms with Gasteiger partial charge in [-0.2, -0.15) is 0 Å². The summed E-state index contributed by atoms with van der Waals surface area (Å²) in [6, 6.07) is -0.320. The van der Waals surface area contributed by atoms with Gasteiger partial charge in [-0.3, -0.25) is 4.90 Å². The van der Waals surface area contributed by atoms with Crippen molar-refractivity contribution in [2.45, 2.75) is 44.9 Å². The average molecular weight is 213 g/mol. The molecule has 1 aliphatic heterocycles. The molecule has 1 fully saturated rings. The first-order chi connectivity index (χ1) is 6.85. The Morgan fingerprint density at radius 2 is 2.20 bits per heavy atom. The summed E-state index contributed by atoms with van der Waals surface area (Å²) in [5.74, 6) is 0. The van der Waals surface area contributed by atoms with Crippen molar-refractivity contribution in [1.82, 2.24) is 4.90 Å². The molecule has 1 amide bonds. The van der Waals surface area contributed by atoms with Gasteiger partial charge in [0.1, 0.15) is 5.60 Å². The standard InChI is InChI=1S/C11H19NO3/c1-5-8-9(13)6-7-12(8)10(14)15-11(2,3)4/h5,8-9,13H,1,6-7H2,2-4H3. The van der Waals surface area contributed by atoms with Crippen molar-refractivity contribution < 1.29 is 14.6 Å². The lowest BCUT2D eigenvalue weighted by atomic mass is 10.2. The summed E-state index contributed by atoms with van der Waals surface area (Å²) in [5, 5.41) is 9.59. The van der Waals surface area contributed by atoms with Gasteiger partial charge in [0.15, 0.2) is 0 Å². The Kier molecular flexibility index (Phi) is 3.39. The minimum atomic E-state index is -0.519. The van der Waals surface area contributed by atoms with Crippen LogP contribution in [-0.4, -0.2) is 40.4 Å². The van der Waals surface area contributed by atoms with E-state index in [2.05, 4.69) is 6.58 Å². The maximum Gasteiger partial charge on any atom is 0.410 e. The van der Waals surface area contributed by atoms with Crippen molar-refractivity contribution in [1.29, 1.82) is 0 Å². The number of nitrogens with zero attached hydrogens (tertiary/aromatic N) is 1. The number of likely N-dealkylation sites (tertiary alicyclic amines) is 1. The third kappa shape index (κ3) is 2.96. The molecule has 0 aromatic rings. The van der Waals surface area contributed by atoms with Gasteiger partial charge in [-0.1, -0.05) is 6.08 Å². The van der Waals surface area contributed by atoms with Crippen LogP contribution in [0, 0.1) is 0 Å². The van der Waals surface area contributed by atoms with E-state index in [1.807, 2.05) is 20.8 Å². The van der Waals surface area contributed by atoms with Gasteiger partial charge in [-0.25, -0.2) is 4.79 Å². The number of amides is 1. The second-order valence-corrected chi connectivity index (χ2v) is 4.76. The first kappa shape index (κ1) is 12.0. The topological polar surface area (TPSA) is 49.8 Å².